The summed E-state index contributed by atoms with van der Waals surface area (Å²) in [6, 6.07) is 3.67. The van der Waals surface area contributed by atoms with Crippen molar-refractivity contribution in [3.8, 4) is 0 Å². The zero-order valence-electron chi connectivity index (χ0n) is 11.9. The van der Waals surface area contributed by atoms with Crippen molar-refractivity contribution < 1.29 is 9.53 Å². The Morgan fingerprint density at radius 3 is 2.70 bits per heavy atom. The molecule has 110 valence electrons. The Hall–Kier alpha value is -1.43. The largest absolute Gasteiger partial charge is 0.444 e. The van der Waals surface area contributed by atoms with Crippen LogP contribution in [0, 0.1) is 11.3 Å². The van der Waals surface area contributed by atoms with Crippen molar-refractivity contribution >= 4 is 27.7 Å². The van der Waals surface area contributed by atoms with Gasteiger partial charge in [-0.2, -0.15) is 0 Å². The summed E-state index contributed by atoms with van der Waals surface area (Å²) in [6.45, 7) is 5.64. The van der Waals surface area contributed by atoms with Crippen LogP contribution >= 0.6 is 15.9 Å². The van der Waals surface area contributed by atoms with Gasteiger partial charge in [0.1, 0.15) is 5.60 Å². The second-order valence-electron chi connectivity index (χ2n) is 5.53. The number of amides is 1. The van der Waals surface area contributed by atoms with E-state index in [0.29, 0.717) is 24.2 Å². The second kappa shape index (κ2) is 6.83. The van der Waals surface area contributed by atoms with E-state index in [2.05, 4.69) is 20.9 Å². The highest BCUT2D eigenvalue weighted by atomic mass is 79.9. The summed E-state index contributed by atoms with van der Waals surface area (Å²) in [5.74, 6) is 0.183. The summed E-state index contributed by atoms with van der Waals surface area (Å²) in [5.41, 5.74) is 5.55. The number of ether oxygens (including phenoxy) is 1. The van der Waals surface area contributed by atoms with Gasteiger partial charge in [-0.1, -0.05) is 6.92 Å². The molecule has 1 atom stereocenters. The number of pyridine rings is 1. The summed E-state index contributed by atoms with van der Waals surface area (Å²) in [5, 5.41) is 8.07. The molecule has 0 saturated heterocycles. The Labute approximate surface area is 127 Å². The highest BCUT2D eigenvalue weighted by molar-refractivity contribution is 9.10. The first-order valence-corrected chi connectivity index (χ1v) is 7.17. The van der Waals surface area contributed by atoms with Crippen LogP contribution in [0.25, 0.3) is 0 Å². The Kier molecular flexibility index (Phi) is 5.68. The second-order valence-corrected chi connectivity index (χ2v) is 6.45. The van der Waals surface area contributed by atoms with Crippen LogP contribution in [0.1, 0.15) is 39.3 Å². The summed E-state index contributed by atoms with van der Waals surface area (Å²) in [6.07, 6.45) is 2.11. The highest BCUT2D eigenvalue weighted by Crippen LogP contribution is 2.23. The van der Waals surface area contributed by atoms with Crippen molar-refractivity contribution in [3.05, 3.63) is 28.5 Å². The SMILES string of the molecule is C[C@H](CC(=N)c1ccc(Br)cn1)CC(C)(C)OC(N)=O. The van der Waals surface area contributed by atoms with Gasteiger partial charge in [0.15, 0.2) is 0 Å². The first-order valence-electron chi connectivity index (χ1n) is 6.37. The van der Waals surface area contributed by atoms with Crippen molar-refractivity contribution in [3.63, 3.8) is 0 Å². The maximum Gasteiger partial charge on any atom is 0.405 e. The third-order valence-electron chi connectivity index (χ3n) is 2.81. The van der Waals surface area contributed by atoms with E-state index < -0.39 is 11.7 Å². The molecule has 0 spiro atoms. The van der Waals surface area contributed by atoms with Crippen LogP contribution in [0.4, 0.5) is 4.79 Å². The average Bonchev–Trinajstić information content (AvgIpc) is 2.26. The molecule has 0 aliphatic carbocycles. The first-order chi connectivity index (χ1) is 9.19. The lowest BCUT2D eigenvalue weighted by molar-refractivity contribution is 0.0290. The van der Waals surface area contributed by atoms with E-state index in [9.17, 15) is 4.79 Å². The fourth-order valence-corrected chi connectivity index (χ4v) is 2.47. The molecule has 0 aromatic carbocycles. The van der Waals surface area contributed by atoms with Gasteiger partial charge in [-0.15, -0.1) is 0 Å². The number of hydrogen-bond donors (Lipinski definition) is 2. The number of aromatic nitrogens is 1. The normalized spacial score (nSPS) is 12.8. The molecule has 0 aliphatic rings. The average molecular weight is 342 g/mol. The molecule has 1 rings (SSSR count). The summed E-state index contributed by atoms with van der Waals surface area (Å²) < 4.78 is 5.95. The number of primary amides is 1. The van der Waals surface area contributed by atoms with Crippen LogP contribution in [-0.2, 0) is 4.74 Å². The van der Waals surface area contributed by atoms with Gasteiger partial charge in [0.2, 0.25) is 0 Å². The van der Waals surface area contributed by atoms with Crippen LogP contribution in [0.15, 0.2) is 22.8 Å². The van der Waals surface area contributed by atoms with E-state index in [0.717, 1.165) is 4.47 Å². The molecule has 20 heavy (non-hydrogen) atoms. The Balaban J connectivity index is 2.57. The fourth-order valence-electron chi connectivity index (χ4n) is 2.23. The zero-order chi connectivity index (χ0) is 15.3. The van der Waals surface area contributed by atoms with Crippen LogP contribution in [0.5, 0.6) is 0 Å². The molecule has 1 amide bonds. The van der Waals surface area contributed by atoms with Crippen molar-refractivity contribution in [2.24, 2.45) is 11.7 Å². The molecule has 1 aromatic rings. The first kappa shape index (κ1) is 16.6. The molecule has 0 saturated carbocycles. The smallest absolute Gasteiger partial charge is 0.405 e. The van der Waals surface area contributed by atoms with E-state index in [1.807, 2.05) is 32.9 Å². The molecule has 0 radical (unpaired) electrons. The standard InChI is InChI=1S/C14H20BrN3O2/c1-9(7-14(2,3)20-13(17)19)6-11(16)12-5-4-10(15)8-18-12/h4-5,8-9,16H,6-7H2,1-3H3,(H2,17,19)/t9-/m1/s1. The van der Waals surface area contributed by atoms with Crippen LogP contribution in [-0.4, -0.2) is 22.4 Å². The number of carbonyl (C=O) groups excluding carboxylic acids is 1. The Morgan fingerprint density at radius 2 is 2.20 bits per heavy atom. The fraction of sp³-hybridized carbons (Fsp3) is 0.500. The number of halogens is 1. The van der Waals surface area contributed by atoms with Crippen LogP contribution < -0.4 is 5.73 Å². The predicted molar refractivity (Wildman–Crippen MR) is 81.9 cm³/mol. The lowest BCUT2D eigenvalue weighted by Gasteiger charge is -2.27. The van der Waals surface area contributed by atoms with Gasteiger partial charge in [-0.25, -0.2) is 4.79 Å². The van der Waals surface area contributed by atoms with Gasteiger partial charge in [0, 0.05) is 10.7 Å². The Morgan fingerprint density at radius 1 is 1.55 bits per heavy atom. The van der Waals surface area contributed by atoms with E-state index in [1.165, 1.54) is 0 Å². The van der Waals surface area contributed by atoms with Gasteiger partial charge in [-0.05, 0) is 60.7 Å². The molecule has 0 fully saturated rings. The van der Waals surface area contributed by atoms with Gasteiger partial charge >= 0.3 is 6.09 Å². The zero-order valence-corrected chi connectivity index (χ0v) is 13.5. The lowest BCUT2D eigenvalue weighted by atomic mass is 9.90. The predicted octanol–water partition coefficient (Wildman–Crippen LogP) is 3.50. The van der Waals surface area contributed by atoms with E-state index >= 15 is 0 Å². The summed E-state index contributed by atoms with van der Waals surface area (Å²) in [4.78, 5) is 15.0. The summed E-state index contributed by atoms with van der Waals surface area (Å²) in [7, 11) is 0. The monoisotopic (exact) mass is 341 g/mol. The van der Waals surface area contributed by atoms with Gasteiger partial charge in [0.25, 0.3) is 0 Å². The molecule has 3 N–H and O–H groups in total. The minimum Gasteiger partial charge on any atom is -0.444 e. The third kappa shape index (κ3) is 5.69. The maximum atomic E-state index is 10.8. The van der Waals surface area contributed by atoms with Gasteiger partial charge in [0.05, 0.1) is 11.4 Å². The van der Waals surface area contributed by atoms with E-state index in [1.54, 1.807) is 6.20 Å². The van der Waals surface area contributed by atoms with Crippen LogP contribution in [0.2, 0.25) is 0 Å². The minimum atomic E-state index is -0.771. The van der Waals surface area contributed by atoms with Crippen LogP contribution in [0.3, 0.4) is 0 Å². The molecule has 1 heterocycles. The summed E-state index contributed by atoms with van der Waals surface area (Å²) >= 11 is 3.31. The van der Waals surface area contributed by atoms with Crippen molar-refractivity contribution in [1.82, 2.24) is 4.98 Å². The van der Waals surface area contributed by atoms with E-state index in [-0.39, 0.29) is 5.92 Å². The topological polar surface area (TPSA) is 89.1 Å². The number of carbonyl (C=O) groups is 1. The third-order valence-corrected chi connectivity index (χ3v) is 3.28. The molecule has 5 nitrogen and oxygen atoms in total. The van der Waals surface area contributed by atoms with Crippen molar-refractivity contribution in [1.29, 1.82) is 5.41 Å². The lowest BCUT2D eigenvalue weighted by Crippen LogP contribution is -2.33. The van der Waals surface area contributed by atoms with Crippen molar-refractivity contribution in [2.75, 3.05) is 0 Å². The number of rotatable bonds is 6. The Bertz CT molecular complexity index is 486. The van der Waals surface area contributed by atoms with E-state index in [4.69, 9.17) is 15.9 Å². The quantitative estimate of drug-likeness (QED) is 0.776. The molecular formula is C14H20BrN3O2. The molecule has 0 aliphatic heterocycles. The maximum absolute atomic E-state index is 10.8. The molecular weight excluding hydrogens is 322 g/mol. The van der Waals surface area contributed by atoms with Gasteiger partial charge in [-0.3, -0.25) is 4.98 Å². The number of hydrogen-bond acceptors (Lipinski definition) is 4. The molecule has 0 bridgehead atoms. The van der Waals surface area contributed by atoms with Gasteiger partial charge < -0.3 is 15.9 Å². The number of nitrogens with two attached hydrogens (primary N) is 1. The molecule has 0 unspecified atom stereocenters. The molecule has 6 heteroatoms. The number of nitrogens with one attached hydrogen (secondary N) is 1. The number of nitrogens with zero attached hydrogens (tertiary/aromatic N) is 1. The van der Waals surface area contributed by atoms with Crippen molar-refractivity contribution in [2.45, 2.75) is 39.2 Å². The minimum absolute atomic E-state index is 0.183. The highest BCUT2D eigenvalue weighted by Gasteiger charge is 2.25. The molecule has 1 aromatic heterocycles.